The lowest BCUT2D eigenvalue weighted by atomic mass is 10.1. The maximum atomic E-state index is 13.7. The summed E-state index contributed by atoms with van der Waals surface area (Å²) >= 11 is 9.22. The largest absolute Gasteiger partial charge is 0.345 e. The summed E-state index contributed by atoms with van der Waals surface area (Å²) in [5, 5.41) is 2.93. The van der Waals surface area contributed by atoms with Crippen molar-refractivity contribution in [2.24, 2.45) is 0 Å². The summed E-state index contributed by atoms with van der Waals surface area (Å²) in [6.45, 7) is 1.61. The first-order valence-electron chi connectivity index (χ1n) is 6.09. The van der Waals surface area contributed by atoms with E-state index in [0.717, 1.165) is 12.1 Å². The zero-order chi connectivity index (χ0) is 15.6. The molecule has 0 spiro atoms. The molecule has 6 heteroatoms. The molecule has 0 aliphatic carbocycles. The number of rotatable bonds is 3. The Morgan fingerprint density at radius 2 is 1.95 bits per heavy atom. The van der Waals surface area contributed by atoms with Crippen LogP contribution in [0.25, 0.3) is 0 Å². The van der Waals surface area contributed by atoms with E-state index >= 15 is 0 Å². The standard InChI is InChI=1S/C15H11BrClF2NO/c1-8(11-4-3-10(18)7-14(11)19)20-15(21)12-6-9(16)2-5-13(12)17/h2-8H,1H3,(H,20,21). The SMILES string of the molecule is CC(NC(=O)c1cc(Br)ccc1Cl)c1ccc(F)cc1F. The summed E-state index contributed by atoms with van der Waals surface area (Å²) in [7, 11) is 0. The van der Waals surface area contributed by atoms with Gasteiger partial charge in [0.15, 0.2) is 0 Å². The van der Waals surface area contributed by atoms with E-state index in [1.54, 1.807) is 25.1 Å². The number of benzene rings is 2. The first-order valence-corrected chi connectivity index (χ1v) is 7.26. The molecule has 2 nitrogen and oxygen atoms in total. The molecule has 1 unspecified atom stereocenters. The predicted molar refractivity (Wildman–Crippen MR) is 81.4 cm³/mol. The van der Waals surface area contributed by atoms with Gasteiger partial charge in [-0.15, -0.1) is 0 Å². The van der Waals surface area contributed by atoms with Gasteiger partial charge in [-0.05, 0) is 31.2 Å². The van der Waals surface area contributed by atoms with Crippen molar-refractivity contribution >= 4 is 33.4 Å². The molecule has 2 rings (SSSR count). The minimum atomic E-state index is -0.705. The highest BCUT2D eigenvalue weighted by Crippen LogP contribution is 2.23. The van der Waals surface area contributed by atoms with Crippen LogP contribution in [0.1, 0.15) is 28.9 Å². The second kappa shape index (κ2) is 6.54. The molecule has 0 fully saturated rings. The van der Waals surface area contributed by atoms with Crippen LogP contribution in [0.2, 0.25) is 5.02 Å². The fourth-order valence-corrected chi connectivity index (χ4v) is 2.44. The number of nitrogens with one attached hydrogen (secondary N) is 1. The highest BCUT2D eigenvalue weighted by atomic mass is 79.9. The van der Waals surface area contributed by atoms with Gasteiger partial charge in [0.05, 0.1) is 16.6 Å². The quantitative estimate of drug-likeness (QED) is 0.816. The van der Waals surface area contributed by atoms with E-state index in [2.05, 4.69) is 21.2 Å². The Balaban J connectivity index is 2.20. The van der Waals surface area contributed by atoms with Gasteiger partial charge in [-0.2, -0.15) is 0 Å². The fraction of sp³-hybridized carbons (Fsp3) is 0.133. The molecule has 0 aliphatic rings. The van der Waals surface area contributed by atoms with Crippen LogP contribution in [0.5, 0.6) is 0 Å². The average molecular weight is 375 g/mol. The number of halogens is 4. The lowest BCUT2D eigenvalue weighted by molar-refractivity contribution is 0.0939. The molecular formula is C15H11BrClF2NO. The van der Waals surface area contributed by atoms with Crippen molar-refractivity contribution in [2.45, 2.75) is 13.0 Å². The van der Waals surface area contributed by atoms with Crippen molar-refractivity contribution in [3.8, 4) is 0 Å². The summed E-state index contributed by atoms with van der Waals surface area (Å²) in [5.41, 5.74) is 0.483. The Labute approximate surface area is 134 Å². The molecule has 2 aromatic carbocycles. The number of carbonyl (C=O) groups excluding carboxylic acids is 1. The molecule has 0 saturated carbocycles. The maximum absolute atomic E-state index is 13.7. The van der Waals surface area contributed by atoms with E-state index in [0.29, 0.717) is 9.50 Å². The molecule has 1 amide bonds. The van der Waals surface area contributed by atoms with Crippen molar-refractivity contribution in [3.63, 3.8) is 0 Å². The maximum Gasteiger partial charge on any atom is 0.253 e. The molecule has 0 heterocycles. The fourth-order valence-electron chi connectivity index (χ4n) is 1.88. The van der Waals surface area contributed by atoms with Gasteiger partial charge < -0.3 is 5.32 Å². The van der Waals surface area contributed by atoms with Gasteiger partial charge in [0.2, 0.25) is 0 Å². The van der Waals surface area contributed by atoms with Crippen LogP contribution in [0.4, 0.5) is 8.78 Å². The Morgan fingerprint density at radius 1 is 1.24 bits per heavy atom. The minimum absolute atomic E-state index is 0.205. The Hall–Kier alpha value is -1.46. The second-order valence-corrected chi connectivity index (χ2v) is 5.81. The molecule has 0 aromatic heterocycles. The molecular weight excluding hydrogens is 364 g/mol. The van der Waals surface area contributed by atoms with Crippen LogP contribution >= 0.6 is 27.5 Å². The van der Waals surface area contributed by atoms with Crippen molar-refractivity contribution in [1.29, 1.82) is 0 Å². The number of amides is 1. The summed E-state index contributed by atoms with van der Waals surface area (Å²) in [5.74, 6) is -1.80. The van der Waals surface area contributed by atoms with Crippen LogP contribution in [0.15, 0.2) is 40.9 Å². The first-order chi connectivity index (χ1) is 9.88. The van der Waals surface area contributed by atoms with E-state index in [4.69, 9.17) is 11.6 Å². The molecule has 2 aromatic rings. The third-order valence-corrected chi connectivity index (χ3v) is 3.77. The average Bonchev–Trinajstić information content (AvgIpc) is 2.41. The number of hydrogen-bond acceptors (Lipinski definition) is 1. The van der Waals surface area contributed by atoms with Gasteiger partial charge in [-0.1, -0.05) is 33.6 Å². The lowest BCUT2D eigenvalue weighted by Gasteiger charge is -2.16. The highest BCUT2D eigenvalue weighted by Gasteiger charge is 2.17. The van der Waals surface area contributed by atoms with Crippen molar-refractivity contribution in [3.05, 3.63) is 68.7 Å². The number of hydrogen-bond donors (Lipinski definition) is 1. The van der Waals surface area contributed by atoms with E-state index in [-0.39, 0.29) is 11.1 Å². The Morgan fingerprint density at radius 3 is 2.62 bits per heavy atom. The molecule has 0 radical (unpaired) electrons. The zero-order valence-corrected chi connectivity index (χ0v) is 13.3. The lowest BCUT2D eigenvalue weighted by Crippen LogP contribution is -2.27. The van der Waals surface area contributed by atoms with E-state index < -0.39 is 23.6 Å². The van der Waals surface area contributed by atoms with Gasteiger partial charge in [-0.3, -0.25) is 4.79 Å². The summed E-state index contributed by atoms with van der Waals surface area (Å²) in [6.07, 6.45) is 0. The van der Waals surface area contributed by atoms with Crippen molar-refractivity contribution in [2.75, 3.05) is 0 Å². The zero-order valence-electron chi connectivity index (χ0n) is 11.0. The topological polar surface area (TPSA) is 29.1 Å². The molecule has 0 bridgehead atoms. The summed E-state index contributed by atoms with van der Waals surface area (Å²) in [6, 6.07) is 7.49. The minimum Gasteiger partial charge on any atom is -0.345 e. The van der Waals surface area contributed by atoms with Gasteiger partial charge in [0.1, 0.15) is 11.6 Å². The highest BCUT2D eigenvalue weighted by molar-refractivity contribution is 9.10. The number of carbonyl (C=O) groups is 1. The predicted octanol–water partition coefficient (Wildman–Crippen LogP) is 4.87. The summed E-state index contributed by atoms with van der Waals surface area (Å²) in [4.78, 5) is 12.2. The van der Waals surface area contributed by atoms with Crippen LogP contribution in [0, 0.1) is 11.6 Å². The first kappa shape index (κ1) is 15.9. The molecule has 1 atom stereocenters. The van der Waals surface area contributed by atoms with Gasteiger partial charge in [-0.25, -0.2) is 8.78 Å². The van der Waals surface area contributed by atoms with Crippen LogP contribution < -0.4 is 5.32 Å². The summed E-state index contributed by atoms with van der Waals surface area (Å²) < 4.78 is 27.3. The Bertz CT molecular complexity index is 693. The molecule has 110 valence electrons. The third-order valence-electron chi connectivity index (χ3n) is 2.95. The van der Waals surface area contributed by atoms with Crippen molar-refractivity contribution < 1.29 is 13.6 Å². The van der Waals surface area contributed by atoms with Crippen LogP contribution in [-0.4, -0.2) is 5.91 Å². The second-order valence-electron chi connectivity index (χ2n) is 4.49. The van der Waals surface area contributed by atoms with Crippen molar-refractivity contribution in [1.82, 2.24) is 5.32 Å². The molecule has 21 heavy (non-hydrogen) atoms. The van der Waals surface area contributed by atoms with E-state index in [1.165, 1.54) is 6.07 Å². The van der Waals surface area contributed by atoms with E-state index in [1.807, 2.05) is 0 Å². The van der Waals surface area contributed by atoms with Crippen LogP contribution in [-0.2, 0) is 0 Å². The molecule has 0 saturated heterocycles. The van der Waals surface area contributed by atoms with Gasteiger partial charge >= 0.3 is 0 Å². The van der Waals surface area contributed by atoms with Gasteiger partial charge in [0.25, 0.3) is 5.91 Å². The third kappa shape index (κ3) is 3.80. The van der Waals surface area contributed by atoms with Crippen LogP contribution in [0.3, 0.4) is 0 Å². The Kier molecular flexibility index (Phi) is 4.96. The van der Waals surface area contributed by atoms with Gasteiger partial charge in [0, 0.05) is 16.1 Å². The molecule has 1 N–H and O–H groups in total. The smallest absolute Gasteiger partial charge is 0.253 e. The van der Waals surface area contributed by atoms with E-state index in [9.17, 15) is 13.6 Å². The molecule has 0 aliphatic heterocycles. The normalized spacial score (nSPS) is 12.0. The monoisotopic (exact) mass is 373 g/mol.